The lowest BCUT2D eigenvalue weighted by Gasteiger charge is -2.08. The molecule has 7 heteroatoms. The van der Waals surface area contributed by atoms with Crippen molar-refractivity contribution in [1.29, 1.82) is 0 Å². The Balaban J connectivity index is 1.38. The van der Waals surface area contributed by atoms with Gasteiger partial charge in [0, 0.05) is 42.5 Å². The van der Waals surface area contributed by atoms with Crippen LogP contribution in [0.2, 0.25) is 5.02 Å². The first-order chi connectivity index (χ1) is 15.9. The number of fused-ring (bicyclic) bond motifs is 1. The molecule has 6 nitrogen and oxygen atoms in total. The van der Waals surface area contributed by atoms with Gasteiger partial charge < -0.3 is 9.88 Å². The zero-order valence-corrected chi connectivity index (χ0v) is 19.5. The van der Waals surface area contributed by atoms with E-state index in [9.17, 15) is 9.59 Å². The number of hydrogen-bond donors (Lipinski definition) is 1. The Morgan fingerprint density at radius 2 is 1.79 bits per heavy atom. The summed E-state index contributed by atoms with van der Waals surface area (Å²) in [5, 5.41) is 8.14. The number of benzene rings is 2. The van der Waals surface area contributed by atoms with Crippen LogP contribution in [0.15, 0.2) is 71.8 Å². The third kappa shape index (κ3) is 5.52. The highest BCUT2D eigenvalue weighted by molar-refractivity contribution is 6.30. The molecule has 0 saturated carbocycles. The molecule has 0 aliphatic rings. The monoisotopic (exact) mass is 462 g/mol. The van der Waals surface area contributed by atoms with Crippen LogP contribution in [0.1, 0.15) is 37.3 Å². The number of aromatic nitrogens is 3. The summed E-state index contributed by atoms with van der Waals surface area (Å²) in [6.07, 6.45) is 4.38. The summed E-state index contributed by atoms with van der Waals surface area (Å²) in [7, 11) is 0. The third-order valence-corrected chi connectivity index (χ3v) is 5.96. The maximum atomic E-state index is 12.9. The van der Waals surface area contributed by atoms with Gasteiger partial charge in [0.2, 0.25) is 5.91 Å². The Labute approximate surface area is 197 Å². The number of nitrogens with zero attached hydrogens (tertiary/aromatic N) is 3. The Morgan fingerprint density at radius 1 is 1.06 bits per heavy atom. The van der Waals surface area contributed by atoms with Crippen LogP contribution in [0.5, 0.6) is 0 Å². The third-order valence-electron chi connectivity index (χ3n) is 5.71. The number of nitrogens with one attached hydrogen (secondary N) is 1. The first-order valence-electron chi connectivity index (χ1n) is 11.1. The Bertz CT molecular complexity index is 1310. The van der Waals surface area contributed by atoms with E-state index in [1.165, 1.54) is 5.56 Å². The first-order valence-corrected chi connectivity index (χ1v) is 11.5. The lowest BCUT2D eigenvalue weighted by atomic mass is 10.0. The van der Waals surface area contributed by atoms with Crippen LogP contribution in [0.3, 0.4) is 0 Å². The Morgan fingerprint density at radius 3 is 2.48 bits per heavy atom. The van der Waals surface area contributed by atoms with Gasteiger partial charge in [0.1, 0.15) is 5.52 Å². The maximum absolute atomic E-state index is 12.9. The van der Waals surface area contributed by atoms with Crippen LogP contribution in [0.4, 0.5) is 0 Å². The predicted molar refractivity (Wildman–Crippen MR) is 132 cm³/mol. The van der Waals surface area contributed by atoms with Crippen molar-refractivity contribution in [2.45, 2.75) is 39.2 Å². The van der Waals surface area contributed by atoms with Crippen molar-refractivity contribution < 1.29 is 4.79 Å². The van der Waals surface area contributed by atoms with E-state index >= 15 is 0 Å². The van der Waals surface area contributed by atoms with Gasteiger partial charge in [0.15, 0.2) is 0 Å². The quantitative estimate of drug-likeness (QED) is 0.413. The molecule has 0 spiro atoms. The largest absolute Gasteiger partial charge is 0.356 e. The van der Waals surface area contributed by atoms with Crippen molar-refractivity contribution in [3.05, 3.63) is 93.5 Å². The van der Waals surface area contributed by atoms with E-state index in [0.717, 1.165) is 23.2 Å². The summed E-state index contributed by atoms with van der Waals surface area (Å²) in [6.45, 7) is 5.16. The minimum absolute atomic E-state index is 0.0878. The number of aryl methyl sites for hydroxylation is 1. The maximum Gasteiger partial charge on any atom is 0.276 e. The molecule has 2 aromatic heterocycles. The molecule has 0 radical (unpaired) electrons. The average molecular weight is 463 g/mol. The standard InChI is InChI=1S/C26H27ClN4O2/c1-18(2)20-5-7-21(8-6-20)23-17-24-26(33)30(15-16-31(24)29-23)14-12-25(32)28-13-11-19-3-9-22(27)10-4-19/h3-10,15-18H,11-14H2,1-2H3,(H,28,32). The molecule has 2 aromatic carbocycles. The molecule has 4 rings (SSSR count). The van der Waals surface area contributed by atoms with Crippen molar-refractivity contribution in [2.24, 2.45) is 0 Å². The highest BCUT2D eigenvalue weighted by Crippen LogP contribution is 2.22. The zero-order chi connectivity index (χ0) is 23.4. The fourth-order valence-electron chi connectivity index (χ4n) is 3.69. The molecule has 0 fully saturated rings. The lowest BCUT2D eigenvalue weighted by molar-refractivity contribution is -0.121. The van der Waals surface area contributed by atoms with Gasteiger partial charge in [-0.15, -0.1) is 0 Å². The molecule has 4 aromatic rings. The number of hydrogen-bond acceptors (Lipinski definition) is 3. The van der Waals surface area contributed by atoms with Crippen LogP contribution >= 0.6 is 11.6 Å². The average Bonchev–Trinajstić information content (AvgIpc) is 3.25. The van der Waals surface area contributed by atoms with Gasteiger partial charge >= 0.3 is 0 Å². The fraction of sp³-hybridized carbons (Fsp3) is 0.269. The second-order valence-electron chi connectivity index (χ2n) is 8.41. The molecule has 0 unspecified atom stereocenters. The summed E-state index contributed by atoms with van der Waals surface area (Å²) < 4.78 is 3.15. The molecule has 2 heterocycles. The van der Waals surface area contributed by atoms with Gasteiger partial charge in [0.05, 0.1) is 5.69 Å². The molecular weight excluding hydrogens is 436 g/mol. The van der Waals surface area contributed by atoms with Crippen LogP contribution in [-0.2, 0) is 17.8 Å². The van der Waals surface area contributed by atoms with Crippen molar-refractivity contribution >= 4 is 23.0 Å². The molecule has 1 amide bonds. The number of rotatable bonds is 8. The molecular formula is C26H27ClN4O2. The topological polar surface area (TPSA) is 68.4 Å². The molecule has 0 aliphatic heterocycles. The summed E-state index contributed by atoms with van der Waals surface area (Å²) in [5.74, 6) is 0.372. The van der Waals surface area contributed by atoms with E-state index in [1.807, 2.05) is 36.4 Å². The lowest BCUT2D eigenvalue weighted by Crippen LogP contribution is -2.29. The van der Waals surface area contributed by atoms with Gasteiger partial charge in [-0.2, -0.15) is 5.10 Å². The fourth-order valence-corrected chi connectivity index (χ4v) is 3.82. The summed E-state index contributed by atoms with van der Waals surface area (Å²) in [6, 6.07) is 17.6. The Hall–Kier alpha value is -3.38. The molecule has 33 heavy (non-hydrogen) atoms. The van der Waals surface area contributed by atoms with Crippen molar-refractivity contribution in [3.63, 3.8) is 0 Å². The molecule has 0 bridgehead atoms. The SMILES string of the molecule is CC(C)c1ccc(-c2cc3c(=O)n(CCC(=O)NCCc4ccc(Cl)cc4)ccn3n2)cc1. The minimum Gasteiger partial charge on any atom is -0.356 e. The smallest absolute Gasteiger partial charge is 0.276 e. The zero-order valence-electron chi connectivity index (χ0n) is 18.8. The molecule has 0 aliphatic carbocycles. The van der Waals surface area contributed by atoms with Crippen LogP contribution in [-0.4, -0.2) is 26.6 Å². The first kappa shape index (κ1) is 22.8. The highest BCUT2D eigenvalue weighted by atomic mass is 35.5. The summed E-state index contributed by atoms with van der Waals surface area (Å²) in [4.78, 5) is 25.2. The van der Waals surface area contributed by atoms with Gasteiger partial charge in [-0.1, -0.05) is 61.8 Å². The second-order valence-corrected chi connectivity index (χ2v) is 8.85. The molecule has 170 valence electrons. The van der Waals surface area contributed by atoms with Gasteiger partial charge in [-0.25, -0.2) is 4.52 Å². The van der Waals surface area contributed by atoms with E-state index < -0.39 is 0 Å². The van der Waals surface area contributed by atoms with Crippen molar-refractivity contribution in [2.75, 3.05) is 6.54 Å². The Kier molecular flexibility index (Phi) is 6.94. The van der Waals surface area contributed by atoms with Gasteiger partial charge in [-0.05, 0) is 41.7 Å². The number of amides is 1. The van der Waals surface area contributed by atoms with E-state index in [2.05, 4.69) is 36.4 Å². The van der Waals surface area contributed by atoms with E-state index in [0.29, 0.717) is 29.5 Å². The van der Waals surface area contributed by atoms with Gasteiger partial charge in [-0.3, -0.25) is 9.59 Å². The summed E-state index contributed by atoms with van der Waals surface area (Å²) in [5.41, 5.74) is 4.41. The van der Waals surface area contributed by atoms with Crippen LogP contribution in [0.25, 0.3) is 16.8 Å². The number of halogens is 1. The number of carbonyl (C=O) groups excluding carboxylic acids is 1. The van der Waals surface area contributed by atoms with E-state index in [-0.39, 0.29) is 17.9 Å². The molecule has 1 N–H and O–H groups in total. The highest BCUT2D eigenvalue weighted by Gasteiger charge is 2.11. The van der Waals surface area contributed by atoms with Crippen LogP contribution < -0.4 is 10.9 Å². The minimum atomic E-state index is -0.163. The summed E-state index contributed by atoms with van der Waals surface area (Å²) >= 11 is 5.89. The van der Waals surface area contributed by atoms with E-state index in [4.69, 9.17) is 11.6 Å². The number of carbonyl (C=O) groups is 1. The van der Waals surface area contributed by atoms with Crippen molar-refractivity contribution in [3.8, 4) is 11.3 Å². The molecule has 0 saturated heterocycles. The predicted octanol–water partition coefficient (Wildman–Crippen LogP) is 4.69. The normalized spacial score (nSPS) is 11.3. The van der Waals surface area contributed by atoms with Gasteiger partial charge in [0.25, 0.3) is 5.56 Å². The second kappa shape index (κ2) is 10.0. The van der Waals surface area contributed by atoms with Crippen LogP contribution in [0, 0.1) is 0 Å². The molecule has 0 atom stereocenters. The van der Waals surface area contributed by atoms with Crippen molar-refractivity contribution in [1.82, 2.24) is 19.5 Å². The van der Waals surface area contributed by atoms with E-state index in [1.54, 1.807) is 27.5 Å².